The normalized spacial score (nSPS) is 10.7. The molecule has 0 aliphatic carbocycles. The predicted molar refractivity (Wildman–Crippen MR) is 91.0 cm³/mol. The molecule has 0 radical (unpaired) electrons. The van der Waals surface area contributed by atoms with Gasteiger partial charge in [0, 0.05) is 29.4 Å². The van der Waals surface area contributed by atoms with Crippen molar-refractivity contribution in [2.24, 2.45) is 0 Å². The molecule has 0 saturated carbocycles. The lowest BCUT2D eigenvalue weighted by Crippen LogP contribution is -2.32. The van der Waals surface area contributed by atoms with Crippen molar-refractivity contribution in [3.8, 4) is 0 Å². The zero-order valence-electron chi connectivity index (χ0n) is 12.8. The number of hydrogen-bond donors (Lipinski definition) is 0. The van der Waals surface area contributed by atoms with Gasteiger partial charge in [-0.15, -0.1) is 0 Å². The van der Waals surface area contributed by atoms with Crippen LogP contribution in [0.3, 0.4) is 0 Å². The van der Waals surface area contributed by atoms with Crippen LogP contribution in [0.5, 0.6) is 0 Å². The van der Waals surface area contributed by atoms with E-state index in [1.165, 1.54) is 5.56 Å². The second-order valence-electron chi connectivity index (χ2n) is 5.12. The molecule has 2 aromatic rings. The maximum Gasteiger partial charge on any atom is 0.274 e. The van der Waals surface area contributed by atoms with Gasteiger partial charge < -0.3 is 9.47 Å². The van der Waals surface area contributed by atoms with Crippen molar-refractivity contribution in [1.82, 2.24) is 4.57 Å². The summed E-state index contributed by atoms with van der Waals surface area (Å²) in [6.07, 6.45) is 2.97. The van der Waals surface area contributed by atoms with Crippen molar-refractivity contribution in [2.75, 3.05) is 11.4 Å². The van der Waals surface area contributed by atoms with Gasteiger partial charge in [-0.25, -0.2) is 0 Å². The average molecular weight is 349 g/mol. The van der Waals surface area contributed by atoms with Crippen LogP contribution in [0.4, 0.5) is 5.69 Å². The first kappa shape index (κ1) is 15.8. The summed E-state index contributed by atoms with van der Waals surface area (Å²) in [6.45, 7) is 7.65. The van der Waals surface area contributed by atoms with E-state index in [1.807, 2.05) is 59.8 Å². The molecule has 0 unspecified atom stereocenters. The van der Waals surface area contributed by atoms with Gasteiger partial charge in [0.2, 0.25) is 0 Å². The van der Waals surface area contributed by atoms with Crippen molar-refractivity contribution in [2.45, 2.75) is 33.7 Å². The number of nitrogens with zero attached hydrogens (tertiary/aromatic N) is 2. The standard InChI is InChI=1S/C17H21BrN2O/c1-4-10-19-12-14(18)11-16(19)17(21)20(5-2)15-8-6-13(3)7-9-15/h6-9,11-12H,4-5,10H2,1-3H3. The van der Waals surface area contributed by atoms with E-state index < -0.39 is 0 Å². The molecule has 21 heavy (non-hydrogen) atoms. The molecule has 1 amide bonds. The topological polar surface area (TPSA) is 25.2 Å². The van der Waals surface area contributed by atoms with E-state index in [1.54, 1.807) is 0 Å². The third-order valence-electron chi connectivity index (χ3n) is 3.45. The third-order valence-corrected chi connectivity index (χ3v) is 3.89. The quantitative estimate of drug-likeness (QED) is 0.772. The highest BCUT2D eigenvalue weighted by Gasteiger charge is 2.20. The van der Waals surface area contributed by atoms with Gasteiger partial charge >= 0.3 is 0 Å². The van der Waals surface area contributed by atoms with Crippen LogP contribution < -0.4 is 4.90 Å². The molecule has 0 N–H and O–H groups in total. The number of aryl methyl sites for hydroxylation is 2. The Morgan fingerprint density at radius 1 is 1.24 bits per heavy atom. The Kier molecular flexibility index (Phi) is 5.23. The molecule has 0 aliphatic heterocycles. The summed E-state index contributed by atoms with van der Waals surface area (Å²) in [5.41, 5.74) is 2.86. The predicted octanol–water partition coefficient (Wildman–Crippen LogP) is 4.64. The first-order chi connectivity index (χ1) is 10.1. The maximum atomic E-state index is 12.9. The van der Waals surface area contributed by atoms with Gasteiger partial charge in [-0.1, -0.05) is 24.6 Å². The minimum atomic E-state index is 0.0421. The van der Waals surface area contributed by atoms with Crippen molar-refractivity contribution in [1.29, 1.82) is 0 Å². The molecule has 1 aromatic heterocycles. The number of aromatic nitrogens is 1. The van der Waals surface area contributed by atoms with Crippen LogP contribution in [0.1, 0.15) is 36.3 Å². The molecule has 0 bridgehead atoms. The lowest BCUT2D eigenvalue weighted by Gasteiger charge is -2.22. The molecule has 3 nitrogen and oxygen atoms in total. The molecule has 0 spiro atoms. The van der Waals surface area contributed by atoms with Crippen molar-refractivity contribution in [3.05, 3.63) is 52.3 Å². The van der Waals surface area contributed by atoms with Crippen molar-refractivity contribution < 1.29 is 4.79 Å². The highest BCUT2D eigenvalue weighted by molar-refractivity contribution is 9.10. The molecule has 0 fully saturated rings. The lowest BCUT2D eigenvalue weighted by molar-refractivity contribution is 0.0979. The Labute approximate surface area is 134 Å². The first-order valence-corrected chi connectivity index (χ1v) is 8.10. The number of carbonyl (C=O) groups is 1. The van der Waals surface area contributed by atoms with Crippen LogP contribution in [-0.4, -0.2) is 17.0 Å². The Morgan fingerprint density at radius 2 is 1.90 bits per heavy atom. The molecule has 2 rings (SSSR count). The van der Waals surface area contributed by atoms with Gasteiger partial charge in [0.15, 0.2) is 0 Å². The van der Waals surface area contributed by atoms with Crippen LogP contribution in [0.25, 0.3) is 0 Å². The Morgan fingerprint density at radius 3 is 2.48 bits per heavy atom. The summed E-state index contributed by atoms with van der Waals surface area (Å²) in [6, 6.07) is 9.96. The van der Waals surface area contributed by atoms with Gasteiger partial charge in [-0.05, 0) is 54.4 Å². The molecule has 0 atom stereocenters. The van der Waals surface area contributed by atoms with E-state index in [4.69, 9.17) is 0 Å². The van der Waals surface area contributed by atoms with Gasteiger partial charge in [-0.2, -0.15) is 0 Å². The van der Waals surface area contributed by atoms with Gasteiger partial charge in [0.25, 0.3) is 5.91 Å². The molecular weight excluding hydrogens is 328 g/mol. The monoisotopic (exact) mass is 348 g/mol. The zero-order valence-corrected chi connectivity index (χ0v) is 14.4. The molecule has 0 aliphatic rings. The van der Waals surface area contributed by atoms with Gasteiger partial charge in [-0.3, -0.25) is 4.79 Å². The number of benzene rings is 1. The number of carbonyl (C=O) groups excluding carboxylic acids is 1. The molecule has 1 heterocycles. The Bertz CT molecular complexity index is 616. The van der Waals surface area contributed by atoms with Gasteiger partial charge in [0.1, 0.15) is 5.69 Å². The van der Waals surface area contributed by atoms with E-state index in [0.717, 1.165) is 28.8 Å². The highest BCUT2D eigenvalue weighted by Crippen LogP contribution is 2.21. The average Bonchev–Trinajstić information content (AvgIpc) is 2.83. The van der Waals surface area contributed by atoms with Crippen LogP contribution in [0.2, 0.25) is 0 Å². The molecule has 4 heteroatoms. The number of amides is 1. The molecular formula is C17H21BrN2O. The smallest absolute Gasteiger partial charge is 0.274 e. The summed E-state index contributed by atoms with van der Waals surface area (Å²) in [4.78, 5) is 14.7. The van der Waals surface area contributed by atoms with E-state index in [2.05, 4.69) is 22.9 Å². The van der Waals surface area contributed by atoms with Crippen molar-refractivity contribution >= 4 is 27.5 Å². The highest BCUT2D eigenvalue weighted by atomic mass is 79.9. The number of hydrogen-bond acceptors (Lipinski definition) is 1. The SMILES string of the molecule is CCCn1cc(Br)cc1C(=O)N(CC)c1ccc(C)cc1. The fraction of sp³-hybridized carbons (Fsp3) is 0.353. The summed E-state index contributed by atoms with van der Waals surface area (Å²) >= 11 is 3.47. The number of anilines is 1. The second-order valence-corrected chi connectivity index (χ2v) is 6.04. The zero-order chi connectivity index (χ0) is 15.4. The molecule has 112 valence electrons. The second kappa shape index (κ2) is 6.94. The minimum absolute atomic E-state index is 0.0421. The van der Waals surface area contributed by atoms with Gasteiger partial charge in [0.05, 0.1) is 0 Å². The van der Waals surface area contributed by atoms with E-state index in [9.17, 15) is 4.79 Å². The maximum absolute atomic E-state index is 12.9. The molecule has 0 saturated heterocycles. The van der Waals surface area contributed by atoms with E-state index >= 15 is 0 Å². The Hall–Kier alpha value is -1.55. The third kappa shape index (κ3) is 3.56. The fourth-order valence-corrected chi connectivity index (χ4v) is 2.85. The van der Waals surface area contributed by atoms with Crippen LogP contribution in [-0.2, 0) is 6.54 Å². The van der Waals surface area contributed by atoms with Crippen LogP contribution >= 0.6 is 15.9 Å². The number of halogens is 1. The van der Waals surface area contributed by atoms with Crippen LogP contribution in [0.15, 0.2) is 41.0 Å². The summed E-state index contributed by atoms with van der Waals surface area (Å²) < 4.78 is 2.96. The largest absolute Gasteiger partial charge is 0.342 e. The summed E-state index contributed by atoms with van der Waals surface area (Å²) in [5, 5.41) is 0. The molecule has 1 aromatic carbocycles. The number of rotatable bonds is 5. The lowest BCUT2D eigenvalue weighted by atomic mass is 10.2. The van der Waals surface area contributed by atoms with Crippen molar-refractivity contribution in [3.63, 3.8) is 0 Å². The summed E-state index contributed by atoms with van der Waals surface area (Å²) in [7, 11) is 0. The summed E-state index contributed by atoms with van der Waals surface area (Å²) in [5.74, 6) is 0.0421. The Balaban J connectivity index is 2.34. The van der Waals surface area contributed by atoms with E-state index in [0.29, 0.717) is 6.54 Å². The fourth-order valence-electron chi connectivity index (χ4n) is 2.39. The minimum Gasteiger partial charge on any atom is -0.342 e. The van der Waals surface area contributed by atoms with E-state index in [-0.39, 0.29) is 5.91 Å². The van der Waals surface area contributed by atoms with Crippen LogP contribution in [0, 0.1) is 6.92 Å². The first-order valence-electron chi connectivity index (χ1n) is 7.31.